The van der Waals surface area contributed by atoms with Crippen molar-refractivity contribution in [3.05, 3.63) is 53.9 Å². The maximum absolute atomic E-state index is 10.2. The number of benzene rings is 1. The minimum atomic E-state index is -0.531. The molecule has 1 aromatic heterocycles. The summed E-state index contributed by atoms with van der Waals surface area (Å²) >= 11 is 0. The molecule has 148 valence electrons. The Labute approximate surface area is 162 Å². The second-order valence-electron chi connectivity index (χ2n) is 6.39. The number of ether oxygens (including phenoxy) is 2. The summed E-state index contributed by atoms with van der Waals surface area (Å²) in [6.07, 6.45) is 3.05. The average molecular weight is 373 g/mol. The summed E-state index contributed by atoms with van der Waals surface area (Å²) in [6.45, 7) is 8.35. The Morgan fingerprint density at radius 3 is 2.41 bits per heavy atom. The lowest BCUT2D eigenvalue weighted by Crippen LogP contribution is -2.35. The van der Waals surface area contributed by atoms with Crippen molar-refractivity contribution in [3.8, 4) is 11.5 Å². The van der Waals surface area contributed by atoms with Crippen LogP contribution in [-0.2, 0) is 13.1 Å². The average Bonchev–Trinajstić information content (AvgIpc) is 2.71. The molecular formula is C21H31N3O3. The molecule has 6 nitrogen and oxygen atoms in total. The lowest BCUT2D eigenvalue weighted by atomic mass is 10.2. The Hall–Kier alpha value is -2.15. The third-order valence-corrected chi connectivity index (χ3v) is 4.43. The molecule has 0 spiro atoms. The summed E-state index contributed by atoms with van der Waals surface area (Å²) in [6, 6.07) is 9.86. The molecule has 0 saturated heterocycles. The fourth-order valence-electron chi connectivity index (χ4n) is 2.81. The molecular weight excluding hydrogens is 342 g/mol. The largest absolute Gasteiger partial charge is 0.493 e. The van der Waals surface area contributed by atoms with Crippen molar-refractivity contribution in [2.24, 2.45) is 0 Å². The van der Waals surface area contributed by atoms with Gasteiger partial charge in [-0.05, 0) is 48.5 Å². The fourth-order valence-corrected chi connectivity index (χ4v) is 2.81. The molecule has 0 aliphatic carbocycles. The third kappa shape index (κ3) is 7.17. The molecule has 0 amide bonds. The molecule has 0 aliphatic rings. The third-order valence-electron chi connectivity index (χ3n) is 4.43. The van der Waals surface area contributed by atoms with Crippen LogP contribution in [0.2, 0.25) is 0 Å². The second-order valence-corrected chi connectivity index (χ2v) is 6.39. The summed E-state index contributed by atoms with van der Waals surface area (Å²) in [5.41, 5.74) is 2.30. The second kappa shape index (κ2) is 11.5. The van der Waals surface area contributed by atoms with E-state index in [1.165, 1.54) is 5.56 Å². The monoisotopic (exact) mass is 373 g/mol. The van der Waals surface area contributed by atoms with Crippen molar-refractivity contribution in [1.29, 1.82) is 0 Å². The highest BCUT2D eigenvalue weighted by molar-refractivity contribution is 5.43. The molecule has 27 heavy (non-hydrogen) atoms. The van der Waals surface area contributed by atoms with E-state index in [0.29, 0.717) is 18.0 Å². The Morgan fingerprint density at radius 2 is 1.74 bits per heavy atom. The number of likely N-dealkylation sites (N-methyl/N-ethyl adjacent to an activating group) is 1. The van der Waals surface area contributed by atoms with Crippen LogP contribution in [0.5, 0.6) is 11.5 Å². The first-order valence-electron chi connectivity index (χ1n) is 9.46. The van der Waals surface area contributed by atoms with E-state index in [4.69, 9.17) is 9.47 Å². The first-order chi connectivity index (χ1) is 13.2. The topological polar surface area (TPSA) is 66.9 Å². The van der Waals surface area contributed by atoms with Crippen LogP contribution in [0.15, 0.2) is 42.7 Å². The van der Waals surface area contributed by atoms with Crippen molar-refractivity contribution in [2.75, 3.05) is 33.4 Å². The molecule has 1 aromatic carbocycles. The van der Waals surface area contributed by atoms with Crippen LogP contribution in [0.4, 0.5) is 0 Å². The van der Waals surface area contributed by atoms with Crippen molar-refractivity contribution >= 4 is 0 Å². The minimum Gasteiger partial charge on any atom is -0.493 e. The first kappa shape index (κ1) is 21.2. The predicted octanol–water partition coefficient (Wildman–Crippen LogP) is 2.46. The van der Waals surface area contributed by atoms with Crippen LogP contribution in [0, 0.1) is 0 Å². The van der Waals surface area contributed by atoms with Crippen molar-refractivity contribution in [3.63, 3.8) is 0 Å². The number of nitrogens with one attached hydrogen (secondary N) is 1. The lowest BCUT2D eigenvalue weighted by molar-refractivity contribution is 0.0705. The molecule has 0 saturated carbocycles. The summed E-state index contributed by atoms with van der Waals surface area (Å²) in [7, 11) is 1.63. The van der Waals surface area contributed by atoms with Gasteiger partial charge in [-0.3, -0.25) is 4.98 Å². The summed E-state index contributed by atoms with van der Waals surface area (Å²) in [5, 5.41) is 13.6. The molecule has 1 atom stereocenters. The van der Waals surface area contributed by atoms with Crippen molar-refractivity contribution in [2.45, 2.75) is 33.0 Å². The molecule has 6 heteroatoms. The molecule has 0 bridgehead atoms. The minimum absolute atomic E-state index is 0.243. The molecule has 0 fully saturated rings. The quantitative estimate of drug-likeness (QED) is 0.596. The zero-order chi connectivity index (χ0) is 19.5. The molecule has 2 rings (SSSR count). The normalized spacial score (nSPS) is 12.2. The number of methoxy groups -OCH3 is 1. The van der Waals surface area contributed by atoms with E-state index in [-0.39, 0.29) is 6.61 Å². The maximum atomic E-state index is 10.2. The van der Waals surface area contributed by atoms with E-state index in [1.54, 1.807) is 19.5 Å². The van der Waals surface area contributed by atoms with Gasteiger partial charge in [0.05, 0.1) is 7.11 Å². The van der Waals surface area contributed by atoms with Gasteiger partial charge in [0, 0.05) is 32.0 Å². The van der Waals surface area contributed by atoms with Gasteiger partial charge in [0.2, 0.25) is 0 Å². The lowest BCUT2D eigenvalue weighted by Gasteiger charge is -2.22. The number of aromatic nitrogens is 1. The number of rotatable bonds is 12. The molecule has 2 N–H and O–H groups in total. The Morgan fingerprint density at radius 1 is 1.04 bits per heavy atom. The highest BCUT2D eigenvalue weighted by Crippen LogP contribution is 2.28. The van der Waals surface area contributed by atoms with Gasteiger partial charge in [-0.1, -0.05) is 19.9 Å². The first-order valence-corrected chi connectivity index (χ1v) is 9.46. The smallest absolute Gasteiger partial charge is 0.161 e. The summed E-state index contributed by atoms with van der Waals surface area (Å²) < 4.78 is 11.2. The number of pyridine rings is 1. The molecule has 2 aromatic rings. The standard InChI is InChI=1S/C21H31N3O3/c1-4-24(5-2)15-19(25)16-27-20-7-6-18(12-21(20)26-3)14-23-13-17-8-10-22-11-9-17/h6-12,19,23,25H,4-5,13-16H2,1-3H3. The van der Waals surface area contributed by atoms with E-state index in [2.05, 4.69) is 29.0 Å². The van der Waals surface area contributed by atoms with Crippen LogP contribution in [-0.4, -0.2) is 54.4 Å². The van der Waals surface area contributed by atoms with E-state index >= 15 is 0 Å². The highest BCUT2D eigenvalue weighted by atomic mass is 16.5. The van der Waals surface area contributed by atoms with Gasteiger partial charge < -0.3 is 24.8 Å². The zero-order valence-electron chi connectivity index (χ0n) is 16.5. The highest BCUT2D eigenvalue weighted by Gasteiger charge is 2.12. The van der Waals surface area contributed by atoms with Gasteiger partial charge in [-0.2, -0.15) is 0 Å². The van der Waals surface area contributed by atoms with Crippen LogP contribution in [0.25, 0.3) is 0 Å². The van der Waals surface area contributed by atoms with E-state index in [0.717, 1.165) is 31.7 Å². The van der Waals surface area contributed by atoms with Gasteiger partial charge in [-0.25, -0.2) is 0 Å². The number of hydrogen-bond acceptors (Lipinski definition) is 6. The van der Waals surface area contributed by atoms with E-state index in [1.807, 2.05) is 30.3 Å². The van der Waals surface area contributed by atoms with Crippen molar-refractivity contribution in [1.82, 2.24) is 15.2 Å². The van der Waals surface area contributed by atoms with E-state index < -0.39 is 6.10 Å². The van der Waals surface area contributed by atoms with Gasteiger partial charge in [0.15, 0.2) is 11.5 Å². The van der Waals surface area contributed by atoms with Gasteiger partial charge in [0.1, 0.15) is 12.7 Å². The van der Waals surface area contributed by atoms with Crippen LogP contribution < -0.4 is 14.8 Å². The van der Waals surface area contributed by atoms with Crippen LogP contribution >= 0.6 is 0 Å². The number of hydrogen-bond donors (Lipinski definition) is 2. The fraction of sp³-hybridized carbons (Fsp3) is 0.476. The van der Waals surface area contributed by atoms with Crippen LogP contribution in [0.1, 0.15) is 25.0 Å². The predicted molar refractivity (Wildman–Crippen MR) is 107 cm³/mol. The van der Waals surface area contributed by atoms with Crippen LogP contribution in [0.3, 0.4) is 0 Å². The maximum Gasteiger partial charge on any atom is 0.161 e. The Kier molecular flexibility index (Phi) is 9.04. The number of aliphatic hydroxyl groups excluding tert-OH is 1. The molecule has 1 unspecified atom stereocenters. The summed E-state index contributed by atoms with van der Waals surface area (Å²) in [5.74, 6) is 1.32. The molecule has 0 radical (unpaired) electrons. The van der Waals surface area contributed by atoms with Gasteiger partial charge >= 0.3 is 0 Å². The molecule has 1 heterocycles. The SMILES string of the molecule is CCN(CC)CC(O)COc1ccc(CNCc2ccncc2)cc1OC. The summed E-state index contributed by atoms with van der Waals surface area (Å²) in [4.78, 5) is 6.19. The zero-order valence-corrected chi connectivity index (χ0v) is 16.5. The van der Waals surface area contributed by atoms with Gasteiger partial charge in [-0.15, -0.1) is 0 Å². The Bertz CT molecular complexity index is 663. The number of nitrogens with zero attached hydrogens (tertiary/aromatic N) is 2. The Balaban J connectivity index is 1.85. The van der Waals surface area contributed by atoms with Crippen molar-refractivity contribution < 1.29 is 14.6 Å². The van der Waals surface area contributed by atoms with Gasteiger partial charge in [0.25, 0.3) is 0 Å². The number of aliphatic hydroxyl groups is 1. The molecule has 0 aliphatic heterocycles. The van der Waals surface area contributed by atoms with E-state index in [9.17, 15) is 5.11 Å².